The van der Waals surface area contributed by atoms with Gasteiger partial charge in [-0.1, -0.05) is 30.3 Å². The molecule has 6 heteroatoms. The number of carbonyl (C=O) groups is 2. The van der Waals surface area contributed by atoms with Crippen LogP contribution in [0.4, 0.5) is 4.79 Å². The molecule has 0 radical (unpaired) electrons. The van der Waals surface area contributed by atoms with Crippen LogP contribution in [0.25, 0.3) is 0 Å². The van der Waals surface area contributed by atoms with Crippen molar-refractivity contribution < 1.29 is 9.59 Å². The van der Waals surface area contributed by atoms with Crippen LogP contribution in [0.5, 0.6) is 0 Å². The number of benzene rings is 1. The zero-order valence-corrected chi connectivity index (χ0v) is 13.5. The van der Waals surface area contributed by atoms with Crippen molar-refractivity contribution in [2.24, 2.45) is 0 Å². The fourth-order valence-electron chi connectivity index (χ4n) is 2.82. The average Bonchev–Trinajstić information content (AvgIpc) is 3.25. The van der Waals surface area contributed by atoms with Gasteiger partial charge in [-0.25, -0.2) is 9.78 Å². The highest BCUT2D eigenvalue weighted by Gasteiger charge is 2.43. The van der Waals surface area contributed by atoms with Crippen LogP contribution in [0.2, 0.25) is 0 Å². The number of hydrogen-bond donors (Lipinski definition) is 0. The van der Waals surface area contributed by atoms with Crippen LogP contribution < -0.4 is 0 Å². The number of urea groups is 1. The van der Waals surface area contributed by atoms with E-state index in [0.29, 0.717) is 0 Å². The Morgan fingerprint density at radius 1 is 1.17 bits per heavy atom. The summed E-state index contributed by atoms with van der Waals surface area (Å²) in [6, 6.07) is 10.3. The Morgan fingerprint density at radius 3 is 2.70 bits per heavy atom. The van der Waals surface area contributed by atoms with E-state index >= 15 is 0 Å². The minimum Gasteiger partial charge on any atom is -0.312 e. The van der Waals surface area contributed by atoms with E-state index in [1.807, 2.05) is 23.6 Å². The van der Waals surface area contributed by atoms with Crippen molar-refractivity contribution in [1.82, 2.24) is 14.8 Å². The molecule has 0 atom stereocenters. The van der Waals surface area contributed by atoms with Gasteiger partial charge in [-0.3, -0.25) is 9.69 Å². The van der Waals surface area contributed by atoms with Gasteiger partial charge in [0.1, 0.15) is 6.54 Å². The van der Waals surface area contributed by atoms with Gasteiger partial charge in [0.05, 0.1) is 17.2 Å². The summed E-state index contributed by atoms with van der Waals surface area (Å²) in [6.45, 7) is 0.511. The first-order valence-corrected chi connectivity index (χ1v) is 8.67. The molecule has 0 unspecified atom stereocenters. The van der Waals surface area contributed by atoms with Crippen LogP contribution in [-0.4, -0.2) is 39.3 Å². The van der Waals surface area contributed by atoms with Gasteiger partial charge >= 0.3 is 6.03 Å². The molecule has 0 spiro atoms. The van der Waals surface area contributed by atoms with Crippen LogP contribution in [0.1, 0.15) is 29.1 Å². The van der Waals surface area contributed by atoms with Crippen molar-refractivity contribution in [2.45, 2.75) is 31.8 Å². The molecule has 1 saturated carbocycles. The molecule has 2 aromatic rings. The van der Waals surface area contributed by atoms with E-state index < -0.39 is 0 Å². The maximum Gasteiger partial charge on any atom is 0.327 e. The minimum atomic E-state index is -0.157. The Labute approximate surface area is 138 Å². The largest absolute Gasteiger partial charge is 0.327 e. The number of imide groups is 1. The molecule has 23 heavy (non-hydrogen) atoms. The van der Waals surface area contributed by atoms with E-state index in [1.54, 1.807) is 16.2 Å². The fraction of sp³-hybridized carbons (Fsp3) is 0.353. The van der Waals surface area contributed by atoms with Crippen molar-refractivity contribution in [3.05, 3.63) is 52.0 Å². The topological polar surface area (TPSA) is 53.5 Å². The van der Waals surface area contributed by atoms with Gasteiger partial charge in [-0.2, -0.15) is 0 Å². The second kappa shape index (κ2) is 5.77. The average molecular weight is 327 g/mol. The lowest BCUT2D eigenvalue weighted by Gasteiger charge is -2.15. The van der Waals surface area contributed by atoms with Gasteiger partial charge in [0.25, 0.3) is 5.91 Å². The van der Waals surface area contributed by atoms with E-state index in [2.05, 4.69) is 17.1 Å². The zero-order valence-electron chi connectivity index (χ0n) is 12.6. The number of hydrogen-bond acceptors (Lipinski definition) is 4. The summed E-state index contributed by atoms with van der Waals surface area (Å²) in [5.41, 5.74) is 2.00. The molecule has 2 heterocycles. The Kier molecular flexibility index (Phi) is 3.61. The van der Waals surface area contributed by atoms with Crippen LogP contribution in [0, 0.1) is 0 Å². The van der Waals surface area contributed by atoms with Crippen molar-refractivity contribution >= 4 is 23.3 Å². The highest BCUT2D eigenvalue weighted by Crippen LogP contribution is 2.31. The first-order chi connectivity index (χ1) is 11.2. The second-order valence-electron chi connectivity index (χ2n) is 6.02. The van der Waals surface area contributed by atoms with Crippen molar-refractivity contribution in [1.29, 1.82) is 0 Å². The Bertz CT molecular complexity index is 739. The minimum absolute atomic E-state index is 0.112. The van der Waals surface area contributed by atoms with E-state index in [-0.39, 0.29) is 31.1 Å². The molecular formula is C17H17N3O2S. The molecule has 118 valence electrons. The number of carbonyl (C=O) groups excluding carboxylic acids is 2. The van der Waals surface area contributed by atoms with Crippen LogP contribution in [0.15, 0.2) is 35.7 Å². The first-order valence-electron chi connectivity index (χ1n) is 7.79. The zero-order chi connectivity index (χ0) is 15.8. The van der Waals surface area contributed by atoms with Gasteiger partial charge in [0, 0.05) is 17.8 Å². The molecule has 3 amide bonds. The summed E-state index contributed by atoms with van der Waals surface area (Å²) in [5, 5.41) is 2.95. The predicted octanol–water partition coefficient (Wildman–Crippen LogP) is 2.66. The highest BCUT2D eigenvalue weighted by atomic mass is 32.1. The SMILES string of the molecule is O=C1CN(C2CC2)C(=O)N1Cc1csc(Cc2ccccc2)n1. The summed E-state index contributed by atoms with van der Waals surface area (Å²) in [6.07, 6.45) is 2.82. The molecule has 1 aliphatic carbocycles. The molecule has 5 nitrogen and oxygen atoms in total. The van der Waals surface area contributed by atoms with Crippen LogP contribution in [0.3, 0.4) is 0 Å². The van der Waals surface area contributed by atoms with Crippen molar-refractivity contribution in [2.75, 3.05) is 6.54 Å². The summed E-state index contributed by atoms with van der Waals surface area (Å²) in [5.74, 6) is -0.112. The van der Waals surface area contributed by atoms with Gasteiger partial charge in [0.15, 0.2) is 0 Å². The Morgan fingerprint density at radius 2 is 1.96 bits per heavy atom. The molecule has 0 N–H and O–H groups in total. The Hall–Kier alpha value is -2.21. The van der Waals surface area contributed by atoms with Crippen LogP contribution in [-0.2, 0) is 17.8 Å². The Balaban J connectivity index is 1.43. The second-order valence-corrected chi connectivity index (χ2v) is 6.96. The lowest BCUT2D eigenvalue weighted by Crippen LogP contribution is -2.33. The predicted molar refractivity (Wildman–Crippen MR) is 87.0 cm³/mol. The van der Waals surface area contributed by atoms with Crippen molar-refractivity contribution in [3.63, 3.8) is 0 Å². The summed E-state index contributed by atoms with van der Waals surface area (Å²) in [7, 11) is 0. The van der Waals surface area contributed by atoms with Gasteiger partial charge < -0.3 is 4.90 Å². The molecule has 1 aromatic carbocycles. The molecule has 4 rings (SSSR count). The van der Waals surface area contributed by atoms with E-state index in [0.717, 1.165) is 30.0 Å². The monoisotopic (exact) mass is 327 g/mol. The maximum atomic E-state index is 12.3. The van der Waals surface area contributed by atoms with E-state index in [1.165, 1.54) is 10.5 Å². The molecule has 1 saturated heterocycles. The van der Waals surface area contributed by atoms with Crippen LogP contribution >= 0.6 is 11.3 Å². The van der Waals surface area contributed by atoms with Gasteiger partial charge in [-0.05, 0) is 18.4 Å². The third kappa shape index (κ3) is 2.99. The molecule has 1 aliphatic heterocycles. The van der Waals surface area contributed by atoms with E-state index in [9.17, 15) is 9.59 Å². The summed E-state index contributed by atoms with van der Waals surface area (Å²) >= 11 is 1.58. The quantitative estimate of drug-likeness (QED) is 0.793. The third-order valence-corrected chi connectivity index (χ3v) is 5.09. The number of rotatable bonds is 5. The normalized spacial score (nSPS) is 18.1. The molecule has 0 bridgehead atoms. The molecular weight excluding hydrogens is 310 g/mol. The number of aromatic nitrogens is 1. The molecule has 2 fully saturated rings. The highest BCUT2D eigenvalue weighted by molar-refractivity contribution is 7.09. The maximum absolute atomic E-state index is 12.3. The standard InChI is InChI=1S/C17H17N3O2S/c21-16-10-19(14-6-7-14)17(22)20(16)9-13-11-23-15(18-13)8-12-4-2-1-3-5-12/h1-5,11,14H,6-10H2. The molecule has 2 aliphatic rings. The lowest BCUT2D eigenvalue weighted by molar-refractivity contribution is -0.125. The summed E-state index contributed by atoms with van der Waals surface area (Å²) in [4.78, 5) is 32.0. The lowest BCUT2D eigenvalue weighted by atomic mass is 10.2. The smallest absolute Gasteiger partial charge is 0.312 e. The number of thiazole rings is 1. The number of amides is 3. The fourth-order valence-corrected chi connectivity index (χ4v) is 3.64. The van der Waals surface area contributed by atoms with E-state index in [4.69, 9.17) is 0 Å². The van der Waals surface area contributed by atoms with Crippen molar-refractivity contribution in [3.8, 4) is 0 Å². The van der Waals surface area contributed by atoms with Gasteiger partial charge in [-0.15, -0.1) is 11.3 Å². The first kappa shape index (κ1) is 14.4. The molecule has 1 aromatic heterocycles. The third-order valence-electron chi connectivity index (χ3n) is 4.19. The summed E-state index contributed by atoms with van der Waals surface area (Å²) < 4.78 is 0. The van der Waals surface area contributed by atoms with Gasteiger partial charge in [0.2, 0.25) is 0 Å². The number of nitrogens with zero attached hydrogens (tertiary/aromatic N) is 3.